The Morgan fingerprint density at radius 2 is 1.32 bits per heavy atom. The molecular formula is C66H75Cl2N9O24. The van der Waals surface area contributed by atoms with E-state index in [-0.39, 0.29) is 46.2 Å². The standard InChI is InChI=1S/C66H75Cl2N9O24/c1-23(2)12-34(71-5)58(88)76-49-51(83)26-7-10-38(32(67)14-26)97-40-16-28-17-41(55(40)101-65-56(54(86)53(85)42(22-78)99-65)100-44-21-66(4,70)57(87)24(3)96-44)98-39-11-8-27(15-33(39)68)52(84)50-63(93)75-48(64(94)95)31-18-29(79)19-37(81)45(31)30-13-25(6-9-36(30)80)46(60(90)77-50)74-61(91)47(28)73-59(89)35(20-43(69)82)72-62(49)92/h6-11,13-19,23-24,34-35,42,44,46-54,56-57,65,71,78-81,83-87H,12,20-22,70H2,1-5H3,(H2,69,82)(H,72,92)(H,73,89)(H,74,91)(H,75,93)(H,76,88)(H,77,90)(H,94,95)/t24?,34-,35+,42?,44?,46-,47-,48+,49-,50?,51-,52-,53?,54?,56?,57?,65?,66?/m1/s1. The zero-order chi connectivity index (χ0) is 73.5. The number of likely N-dealkylation sites (N-methyl/N-ethyl adjacent to an activating group) is 1. The molecule has 7 amide bonds. The Labute approximate surface area is 584 Å². The number of phenolic OH excluding ortho intramolecular Hbond substituents is 3. The van der Waals surface area contributed by atoms with Crippen molar-refractivity contribution in [1.29, 1.82) is 0 Å². The van der Waals surface area contributed by atoms with Crippen molar-refractivity contribution >= 4 is 70.5 Å². The molecule has 0 aromatic heterocycles. The van der Waals surface area contributed by atoms with Crippen molar-refractivity contribution in [2.45, 2.75) is 156 Å². The van der Waals surface area contributed by atoms with Crippen LogP contribution < -0.4 is 62.9 Å². The minimum atomic E-state index is -2.35. The van der Waals surface area contributed by atoms with E-state index in [1.807, 2.05) is 13.8 Å². The maximum Gasteiger partial charge on any atom is 0.330 e. The molecule has 2 saturated heterocycles. The molecular weight excluding hydrogens is 1370 g/mol. The number of carbonyl (C=O) groups excluding carboxylic acids is 7. The third-order valence-corrected chi connectivity index (χ3v) is 18.4. The van der Waals surface area contributed by atoms with Crippen LogP contribution in [0.5, 0.6) is 46.0 Å². The molecule has 5 aromatic carbocycles. The fourth-order valence-electron chi connectivity index (χ4n) is 12.5. The van der Waals surface area contributed by atoms with Crippen LogP contribution in [0.3, 0.4) is 0 Å². The van der Waals surface area contributed by atoms with Gasteiger partial charge in [-0.15, -0.1) is 0 Å². The molecule has 0 spiro atoms. The molecule has 5 aromatic rings. The first-order valence-electron chi connectivity index (χ1n) is 31.6. The van der Waals surface area contributed by atoms with Gasteiger partial charge in [0.2, 0.25) is 53.4 Å². The molecule has 0 saturated carbocycles. The SMILES string of the molecule is CN[C@H](CC(C)C)C(=O)N[C@H]1C(=O)N[C@@H](CC(N)=O)C(=O)N[C@H]2C(=O)N[C@H]3C(=O)NC(C(=O)N[C@H](C(=O)O)c4cc(O)cc(O)c4-c4cc3ccc4O)[C@H](O)c3ccc(c(Cl)c3)Oc3cc2cc(c3OC2OC(CO)C(O)C(O)C2OC2CC(C)(N)C(O)C(C)O2)Oc2ccc(cc2Cl)[C@H]1O. The highest BCUT2D eigenvalue weighted by molar-refractivity contribution is 6.32. The van der Waals surface area contributed by atoms with Crippen LogP contribution in [0, 0.1) is 5.92 Å². The van der Waals surface area contributed by atoms with E-state index in [4.69, 9.17) is 63.1 Å². The predicted molar refractivity (Wildman–Crippen MR) is 349 cm³/mol. The zero-order valence-corrected chi connectivity index (χ0v) is 55.8. The number of carboxylic acid groups (broad SMARTS) is 1. The van der Waals surface area contributed by atoms with Crippen molar-refractivity contribution in [3.8, 4) is 57.1 Å². The van der Waals surface area contributed by atoms with Gasteiger partial charge in [-0.3, -0.25) is 33.6 Å². The number of rotatable bonds is 13. The van der Waals surface area contributed by atoms with Crippen LogP contribution in [0.2, 0.25) is 10.0 Å². The number of fused-ring (bicyclic) bond motifs is 15. The van der Waals surface area contributed by atoms with Gasteiger partial charge in [-0.2, -0.15) is 0 Å². The Bertz CT molecular complexity index is 4070. The summed E-state index contributed by atoms with van der Waals surface area (Å²) in [6, 6.07) is -0.679. The van der Waals surface area contributed by atoms with Gasteiger partial charge in [0.15, 0.2) is 29.9 Å². The highest BCUT2D eigenvalue weighted by Gasteiger charge is 2.51. The number of aliphatic hydroxyl groups excluding tert-OH is 6. The van der Waals surface area contributed by atoms with Crippen LogP contribution in [0.1, 0.15) is 105 Å². The van der Waals surface area contributed by atoms with Crippen LogP contribution >= 0.6 is 23.2 Å². The summed E-state index contributed by atoms with van der Waals surface area (Å²) in [4.78, 5) is 117. The van der Waals surface area contributed by atoms with E-state index < -0.39 is 237 Å². The molecule has 12 rings (SSSR count). The van der Waals surface area contributed by atoms with E-state index in [9.17, 15) is 75.0 Å². The number of carboxylic acids is 1. The second kappa shape index (κ2) is 30.2. The average molecular weight is 1450 g/mol. The highest BCUT2D eigenvalue weighted by atomic mass is 35.5. The summed E-state index contributed by atoms with van der Waals surface area (Å²) in [5, 5.41) is 131. The van der Waals surface area contributed by atoms with Crippen LogP contribution in [0.4, 0.5) is 0 Å². The number of nitrogens with two attached hydrogens (primary N) is 2. The fourth-order valence-corrected chi connectivity index (χ4v) is 12.9. The second-order valence-corrected chi connectivity index (χ2v) is 26.5. The lowest BCUT2D eigenvalue weighted by molar-refractivity contribution is -0.333. The van der Waals surface area contributed by atoms with Crippen molar-refractivity contribution < 1.29 is 118 Å². The Morgan fingerprint density at radius 3 is 1.90 bits per heavy atom. The summed E-state index contributed by atoms with van der Waals surface area (Å²) in [7, 11) is 1.47. The van der Waals surface area contributed by atoms with Gasteiger partial charge < -0.3 is 128 Å². The van der Waals surface area contributed by atoms with E-state index in [0.717, 1.165) is 66.7 Å². The van der Waals surface area contributed by atoms with E-state index in [2.05, 4.69) is 37.2 Å². The first-order chi connectivity index (χ1) is 47.7. The number of ether oxygens (including phenoxy) is 6. The Hall–Kier alpha value is -9.20. The fraction of sp³-hybridized carbons (Fsp3) is 0.424. The van der Waals surface area contributed by atoms with Gasteiger partial charge in [0.25, 0.3) is 0 Å². The molecule has 33 nitrogen and oxygen atoms in total. The van der Waals surface area contributed by atoms with Crippen molar-refractivity contribution in [3.05, 3.63) is 117 Å². The highest BCUT2D eigenvalue weighted by Crippen LogP contribution is 2.50. The van der Waals surface area contributed by atoms with Crippen molar-refractivity contribution in [3.63, 3.8) is 0 Å². The summed E-state index contributed by atoms with van der Waals surface area (Å²) in [6.45, 7) is 5.66. The Balaban J connectivity index is 1.24. The first kappa shape index (κ1) is 74.5. The number of nitrogens with one attached hydrogen (secondary N) is 7. The molecule has 542 valence electrons. The predicted octanol–water partition coefficient (Wildman–Crippen LogP) is 0.106. The van der Waals surface area contributed by atoms with E-state index in [0.29, 0.717) is 0 Å². The van der Waals surface area contributed by atoms with Gasteiger partial charge in [-0.1, -0.05) is 55.2 Å². The molecule has 11 bridgehead atoms. The van der Waals surface area contributed by atoms with Gasteiger partial charge in [-0.05, 0) is 110 Å². The number of hydrogen-bond donors (Lipinski definition) is 19. The second-order valence-electron chi connectivity index (χ2n) is 25.7. The Morgan fingerprint density at radius 1 is 0.713 bits per heavy atom. The number of aliphatic carboxylic acids is 1. The topological polar surface area (TPSA) is 530 Å². The quantitative estimate of drug-likeness (QED) is 0.0743. The third-order valence-electron chi connectivity index (χ3n) is 17.8. The van der Waals surface area contributed by atoms with Crippen molar-refractivity contribution in [2.24, 2.45) is 17.4 Å². The van der Waals surface area contributed by atoms with E-state index in [1.165, 1.54) is 33.0 Å². The van der Waals surface area contributed by atoms with E-state index >= 15 is 14.4 Å². The van der Waals surface area contributed by atoms with Crippen LogP contribution in [-0.4, -0.2) is 191 Å². The third kappa shape index (κ3) is 15.8. The van der Waals surface area contributed by atoms with Gasteiger partial charge >= 0.3 is 5.97 Å². The maximum atomic E-state index is 16.0. The molecule has 10 unspecified atom stereocenters. The number of aliphatic hydroxyl groups is 6. The van der Waals surface area contributed by atoms with Crippen LogP contribution in [0.25, 0.3) is 11.1 Å². The van der Waals surface area contributed by atoms with E-state index in [1.54, 1.807) is 0 Å². The lowest BCUT2D eigenvalue weighted by Crippen LogP contribution is -2.64. The first-order valence-corrected chi connectivity index (χ1v) is 32.4. The molecule has 0 radical (unpaired) electrons. The van der Waals surface area contributed by atoms with Crippen molar-refractivity contribution in [2.75, 3.05) is 13.7 Å². The number of carbonyl (C=O) groups is 8. The van der Waals surface area contributed by atoms with Crippen LogP contribution in [-0.2, 0) is 52.6 Å². The molecule has 21 N–H and O–H groups in total. The van der Waals surface area contributed by atoms with Gasteiger partial charge in [0.1, 0.15) is 89.5 Å². The molecule has 35 heteroatoms. The molecule has 18 atom stereocenters. The lowest BCUT2D eigenvalue weighted by Gasteiger charge is -2.47. The lowest BCUT2D eigenvalue weighted by atomic mass is 9.86. The molecule has 7 aliphatic heterocycles. The summed E-state index contributed by atoms with van der Waals surface area (Å²) >= 11 is 14.1. The Kier molecular flexibility index (Phi) is 22.2. The maximum absolute atomic E-state index is 16.0. The smallest absolute Gasteiger partial charge is 0.330 e. The van der Waals surface area contributed by atoms with Crippen molar-refractivity contribution in [1.82, 2.24) is 37.2 Å². The number of benzene rings is 5. The van der Waals surface area contributed by atoms with Gasteiger partial charge in [0, 0.05) is 34.7 Å². The number of primary amides is 1. The molecule has 101 heavy (non-hydrogen) atoms. The summed E-state index contributed by atoms with van der Waals surface area (Å²) < 4.78 is 38.3. The zero-order valence-electron chi connectivity index (χ0n) is 54.3. The normalized spacial score (nSPS) is 29.4. The molecule has 0 aliphatic carbocycles. The number of hydrogen-bond acceptors (Lipinski definition) is 25. The molecule has 2 fully saturated rings. The number of phenols is 3. The summed E-state index contributed by atoms with van der Waals surface area (Å²) in [5.41, 5.74) is 8.00. The molecule has 7 heterocycles. The minimum absolute atomic E-state index is 0.0975. The average Bonchev–Trinajstić information content (AvgIpc) is 0.775. The summed E-state index contributed by atoms with van der Waals surface area (Å²) in [5.74, 6) is -16.0. The number of amides is 7. The minimum Gasteiger partial charge on any atom is -0.508 e. The van der Waals surface area contributed by atoms with Gasteiger partial charge in [-0.25, -0.2) is 4.79 Å². The summed E-state index contributed by atoms with van der Waals surface area (Å²) in [6.07, 6.45) is -18.6. The monoisotopic (exact) mass is 1450 g/mol. The number of halogens is 2. The molecule has 7 aliphatic rings. The van der Waals surface area contributed by atoms with Gasteiger partial charge in [0.05, 0.1) is 41.3 Å². The largest absolute Gasteiger partial charge is 0.508 e. The number of aromatic hydroxyl groups is 3. The van der Waals surface area contributed by atoms with Crippen LogP contribution in [0.15, 0.2) is 78.9 Å².